The van der Waals surface area contributed by atoms with Crippen LogP contribution >= 0.6 is 0 Å². The Bertz CT molecular complexity index is 1690. The largest absolute Gasteiger partial charge is 0.494 e. The van der Waals surface area contributed by atoms with Crippen molar-refractivity contribution < 1.29 is 9.47 Å². The summed E-state index contributed by atoms with van der Waals surface area (Å²) in [6.45, 7) is 7.69. The average Bonchev–Trinajstić information content (AvgIpc) is 3.08. The highest BCUT2D eigenvalue weighted by molar-refractivity contribution is 5.90. The molecule has 0 saturated carbocycles. The van der Waals surface area contributed by atoms with Crippen molar-refractivity contribution in [3.8, 4) is 17.6 Å². The average molecular weight is 607 g/mol. The van der Waals surface area contributed by atoms with Crippen molar-refractivity contribution in [3.05, 3.63) is 149 Å². The van der Waals surface area contributed by atoms with Crippen molar-refractivity contribution in [1.29, 1.82) is 5.26 Å². The van der Waals surface area contributed by atoms with E-state index in [0.29, 0.717) is 12.2 Å². The molecule has 5 rings (SSSR count). The van der Waals surface area contributed by atoms with E-state index in [4.69, 9.17) is 9.47 Å². The third-order valence-corrected chi connectivity index (χ3v) is 7.93. The Hall–Kier alpha value is -5.27. The smallest absolute Gasteiger partial charge is 0.119 e. The maximum absolute atomic E-state index is 9.97. The molecule has 0 fully saturated rings. The first-order chi connectivity index (χ1) is 22.5. The fourth-order valence-corrected chi connectivity index (χ4v) is 5.20. The van der Waals surface area contributed by atoms with Gasteiger partial charge in [-0.3, -0.25) is 0 Å². The zero-order chi connectivity index (χ0) is 32.1. The monoisotopic (exact) mass is 606 g/mol. The molecule has 0 saturated heterocycles. The molecule has 4 nitrogen and oxygen atoms in total. The molecule has 0 radical (unpaired) electrons. The lowest BCUT2D eigenvalue weighted by Crippen LogP contribution is -2.09. The van der Waals surface area contributed by atoms with Gasteiger partial charge in [-0.15, -0.1) is 0 Å². The van der Waals surface area contributed by atoms with E-state index in [1.807, 2.05) is 42.5 Å². The summed E-state index contributed by atoms with van der Waals surface area (Å²) in [4.78, 5) is 2.25. The fraction of sp³-hybridized carbons (Fsp3) is 0.214. The van der Waals surface area contributed by atoms with E-state index in [1.54, 1.807) is 0 Å². The van der Waals surface area contributed by atoms with Gasteiger partial charge in [0.2, 0.25) is 0 Å². The van der Waals surface area contributed by atoms with Crippen LogP contribution in [-0.2, 0) is 0 Å². The molecule has 0 aliphatic rings. The van der Waals surface area contributed by atoms with Gasteiger partial charge >= 0.3 is 0 Å². The number of benzene rings is 5. The lowest BCUT2D eigenvalue weighted by Gasteiger charge is -2.26. The van der Waals surface area contributed by atoms with Gasteiger partial charge in [0.15, 0.2) is 0 Å². The van der Waals surface area contributed by atoms with Gasteiger partial charge in [-0.05, 0) is 136 Å². The summed E-state index contributed by atoms with van der Waals surface area (Å²) in [6.07, 6.45) is 6.18. The fourth-order valence-electron chi connectivity index (χ4n) is 5.20. The Kier molecular flexibility index (Phi) is 11.3. The van der Waals surface area contributed by atoms with Gasteiger partial charge in [0.25, 0.3) is 0 Å². The van der Waals surface area contributed by atoms with E-state index >= 15 is 0 Å². The van der Waals surface area contributed by atoms with E-state index in [0.717, 1.165) is 72.0 Å². The van der Waals surface area contributed by atoms with Crippen molar-refractivity contribution in [2.75, 3.05) is 18.1 Å². The van der Waals surface area contributed by atoms with E-state index in [-0.39, 0.29) is 0 Å². The molecule has 5 aromatic carbocycles. The third kappa shape index (κ3) is 9.13. The predicted octanol–water partition coefficient (Wildman–Crippen LogP) is 11.2. The van der Waals surface area contributed by atoms with Crippen LogP contribution < -0.4 is 14.4 Å². The maximum atomic E-state index is 9.97. The summed E-state index contributed by atoms with van der Waals surface area (Å²) in [7, 11) is 0. The van der Waals surface area contributed by atoms with Crippen molar-refractivity contribution in [2.24, 2.45) is 0 Å². The van der Waals surface area contributed by atoms with E-state index in [9.17, 15) is 5.26 Å². The number of aryl methyl sites for hydroxylation is 3. The number of hydrogen-bond acceptors (Lipinski definition) is 4. The van der Waals surface area contributed by atoms with Gasteiger partial charge in [-0.2, -0.15) is 5.26 Å². The first kappa shape index (κ1) is 32.1. The predicted molar refractivity (Wildman–Crippen MR) is 191 cm³/mol. The number of anilines is 3. The standard InChI is InChI=1S/C42H42N2O2/c1-32-8-18-38(19-9-32)44(39-20-10-33(2)11-21-39)40-22-14-35(15-23-40)30-37(31-43)36-16-26-42(27-17-36)46-29-7-5-4-6-28-45-41-24-12-34(3)13-25-41/h8-27,30H,4-7,28-29H2,1-3H3/b37-30+. The lowest BCUT2D eigenvalue weighted by molar-refractivity contribution is 0.287. The zero-order valence-corrected chi connectivity index (χ0v) is 27.1. The minimum Gasteiger partial charge on any atom is -0.494 e. The first-order valence-corrected chi connectivity index (χ1v) is 16.1. The van der Waals surface area contributed by atoms with Gasteiger partial charge in [0.1, 0.15) is 11.5 Å². The molecule has 0 unspecified atom stereocenters. The molecule has 0 bridgehead atoms. The molecule has 232 valence electrons. The van der Waals surface area contributed by atoms with Crippen molar-refractivity contribution in [2.45, 2.75) is 46.5 Å². The van der Waals surface area contributed by atoms with E-state index in [2.05, 4.69) is 117 Å². The molecule has 0 atom stereocenters. The van der Waals surface area contributed by atoms with Gasteiger partial charge in [-0.25, -0.2) is 0 Å². The molecule has 0 heterocycles. The normalized spacial score (nSPS) is 11.1. The Balaban J connectivity index is 1.14. The Morgan fingerprint density at radius 3 is 1.37 bits per heavy atom. The Morgan fingerprint density at radius 1 is 0.543 bits per heavy atom. The number of ether oxygens (including phenoxy) is 2. The molecule has 5 aromatic rings. The molecule has 0 amide bonds. The van der Waals surface area contributed by atoms with Crippen LogP contribution in [0.1, 0.15) is 53.5 Å². The second kappa shape index (κ2) is 16.2. The topological polar surface area (TPSA) is 45.5 Å². The van der Waals surface area contributed by atoms with Crippen LogP contribution in [0.4, 0.5) is 17.1 Å². The number of hydrogen-bond donors (Lipinski definition) is 0. The minimum atomic E-state index is 0.612. The van der Waals surface area contributed by atoms with Crippen LogP contribution in [-0.4, -0.2) is 13.2 Å². The maximum Gasteiger partial charge on any atom is 0.119 e. The molecule has 4 heteroatoms. The van der Waals surface area contributed by atoms with Gasteiger partial charge in [-0.1, -0.05) is 65.2 Å². The highest BCUT2D eigenvalue weighted by Crippen LogP contribution is 2.35. The van der Waals surface area contributed by atoms with Crippen LogP contribution in [0.25, 0.3) is 11.6 Å². The highest BCUT2D eigenvalue weighted by Gasteiger charge is 2.12. The summed E-state index contributed by atoms with van der Waals surface area (Å²) in [5.41, 5.74) is 9.40. The number of nitriles is 1. The van der Waals surface area contributed by atoms with E-state index in [1.165, 1.54) is 16.7 Å². The number of nitrogens with zero attached hydrogens (tertiary/aromatic N) is 2. The van der Waals surface area contributed by atoms with Crippen LogP contribution in [0.15, 0.2) is 121 Å². The first-order valence-electron chi connectivity index (χ1n) is 16.1. The summed E-state index contributed by atoms with van der Waals surface area (Å²) in [6, 6.07) is 43.8. The van der Waals surface area contributed by atoms with Crippen LogP contribution in [0, 0.1) is 32.1 Å². The lowest BCUT2D eigenvalue weighted by atomic mass is 10.0. The zero-order valence-electron chi connectivity index (χ0n) is 27.1. The number of rotatable bonds is 14. The quantitative estimate of drug-likeness (QED) is 0.0717. The molecular weight excluding hydrogens is 564 g/mol. The molecule has 0 N–H and O–H groups in total. The van der Waals surface area contributed by atoms with E-state index < -0.39 is 0 Å². The van der Waals surface area contributed by atoms with Crippen molar-refractivity contribution in [3.63, 3.8) is 0 Å². The summed E-state index contributed by atoms with van der Waals surface area (Å²) >= 11 is 0. The molecule has 0 aromatic heterocycles. The number of allylic oxidation sites excluding steroid dienone is 1. The third-order valence-electron chi connectivity index (χ3n) is 7.93. The SMILES string of the molecule is Cc1ccc(OCCCCCCOc2ccc(/C(C#N)=C/c3ccc(N(c4ccc(C)cc4)c4ccc(C)cc4)cc3)cc2)cc1. The van der Waals surface area contributed by atoms with Gasteiger partial charge < -0.3 is 14.4 Å². The van der Waals surface area contributed by atoms with Crippen molar-refractivity contribution >= 4 is 28.7 Å². The molecule has 0 aliphatic heterocycles. The summed E-state index contributed by atoms with van der Waals surface area (Å²) in [5.74, 6) is 1.75. The molecule has 46 heavy (non-hydrogen) atoms. The Morgan fingerprint density at radius 2 is 0.935 bits per heavy atom. The molecule has 0 aliphatic carbocycles. The summed E-state index contributed by atoms with van der Waals surface area (Å²) in [5, 5.41) is 9.97. The minimum absolute atomic E-state index is 0.612. The second-order valence-corrected chi connectivity index (χ2v) is 11.7. The van der Waals surface area contributed by atoms with Gasteiger partial charge in [0.05, 0.1) is 24.9 Å². The second-order valence-electron chi connectivity index (χ2n) is 11.7. The molecular formula is C42H42N2O2. The summed E-state index contributed by atoms with van der Waals surface area (Å²) < 4.78 is 11.8. The van der Waals surface area contributed by atoms with Crippen LogP contribution in [0.3, 0.4) is 0 Å². The molecule has 0 spiro atoms. The van der Waals surface area contributed by atoms with Gasteiger partial charge in [0, 0.05) is 17.1 Å². The number of unbranched alkanes of at least 4 members (excludes halogenated alkanes) is 3. The Labute approximate surface area is 274 Å². The van der Waals surface area contributed by atoms with Crippen LogP contribution in [0.2, 0.25) is 0 Å². The van der Waals surface area contributed by atoms with Crippen LogP contribution in [0.5, 0.6) is 11.5 Å². The highest BCUT2D eigenvalue weighted by atomic mass is 16.5. The van der Waals surface area contributed by atoms with Crippen molar-refractivity contribution in [1.82, 2.24) is 0 Å².